The van der Waals surface area contributed by atoms with Crippen LogP contribution in [0.2, 0.25) is 0 Å². The van der Waals surface area contributed by atoms with Gasteiger partial charge < -0.3 is 10.2 Å². The molecular weight excluding hydrogens is 510 g/mol. The molecule has 3 rings (SSSR count). The van der Waals surface area contributed by atoms with Crippen LogP contribution in [0.4, 0.5) is 5.69 Å². The first-order chi connectivity index (χ1) is 18.7. The van der Waals surface area contributed by atoms with Crippen LogP contribution in [0.1, 0.15) is 50.3 Å². The van der Waals surface area contributed by atoms with Crippen molar-refractivity contribution in [3.05, 3.63) is 95.6 Å². The Morgan fingerprint density at radius 3 is 2.13 bits per heavy atom. The van der Waals surface area contributed by atoms with E-state index >= 15 is 0 Å². The molecular formula is C31H39N3O4S. The first kappa shape index (κ1) is 29.9. The lowest BCUT2D eigenvalue weighted by atomic mass is 10.1. The molecule has 3 aromatic rings. The average Bonchev–Trinajstić information content (AvgIpc) is 2.95. The predicted octanol–water partition coefficient (Wildman–Crippen LogP) is 5.09. The van der Waals surface area contributed by atoms with Gasteiger partial charge in [0.15, 0.2) is 0 Å². The molecule has 8 heteroatoms. The number of carbonyl (C=O) groups is 2. The van der Waals surface area contributed by atoms with E-state index in [1.165, 1.54) is 21.3 Å². The zero-order valence-electron chi connectivity index (χ0n) is 23.3. The van der Waals surface area contributed by atoms with Crippen LogP contribution in [0, 0.1) is 6.92 Å². The number of anilines is 1. The van der Waals surface area contributed by atoms with Gasteiger partial charge in [0, 0.05) is 13.1 Å². The Bertz CT molecular complexity index is 1360. The van der Waals surface area contributed by atoms with Gasteiger partial charge in [0.1, 0.15) is 12.6 Å². The number of hydrogen-bond acceptors (Lipinski definition) is 4. The highest BCUT2D eigenvalue weighted by Crippen LogP contribution is 2.28. The highest BCUT2D eigenvalue weighted by Gasteiger charge is 2.33. The lowest BCUT2D eigenvalue weighted by molar-refractivity contribution is -0.139. The molecule has 0 aromatic heterocycles. The Kier molecular flexibility index (Phi) is 10.7. The van der Waals surface area contributed by atoms with E-state index in [0.717, 1.165) is 29.5 Å². The maximum Gasteiger partial charge on any atom is 0.264 e. The Morgan fingerprint density at radius 1 is 0.872 bits per heavy atom. The van der Waals surface area contributed by atoms with Crippen LogP contribution >= 0.6 is 0 Å². The molecule has 1 atom stereocenters. The number of unbranched alkanes of at least 4 members (excludes halogenated alkanes) is 1. The second kappa shape index (κ2) is 13.9. The van der Waals surface area contributed by atoms with Crippen LogP contribution in [0.3, 0.4) is 0 Å². The minimum atomic E-state index is -4.07. The molecule has 0 bridgehead atoms. The molecule has 0 fully saturated rings. The van der Waals surface area contributed by atoms with E-state index in [1.807, 2.05) is 57.2 Å². The predicted molar refractivity (Wildman–Crippen MR) is 156 cm³/mol. The molecule has 3 aromatic carbocycles. The van der Waals surface area contributed by atoms with E-state index < -0.39 is 28.5 Å². The number of benzene rings is 3. The van der Waals surface area contributed by atoms with E-state index in [-0.39, 0.29) is 17.3 Å². The SMILES string of the molecule is CCCCNC(=O)[C@@H](C)N(Cc1ccccc1C)C(=O)CN(c1ccccc1CC)S(=O)(=O)c1ccccc1. The first-order valence-electron chi connectivity index (χ1n) is 13.5. The summed E-state index contributed by atoms with van der Waals surface area (Å²) in [5.74, 6) is -0.724. The summed E-state index contributed by atoms with van der Waals surface area (Å²) < 4.78 is 29.0. The number of nitrogens with zero attached hydrogens (tertiary/aromatic N) is 2. The van der Waals surface area contributed by atoms with Crippen molar-refractivity contribution >= 4 is 27.5 Å². The molecule has 208 valence electrons. The van der Waals surface area contributed by atoms with Crippen molar-refractivity contribution in [1.29, 1.82) is 0 Å². The van der Waals surface area contributed by atoms with Crippen molar-refractivity contribution in [2.24, 2.45) is 0 Å². The molecule has 2 amide bonds. The number of amides is 2. The number of hydrogen-bond donors (Lipinski definition) is 1. The number of carbonyl (C=O) groups excluding carboxylic acids is 2. The summed E-state index contributed by atoms with van der Waals surface area (Å²) in [6.45, 7) is 7.89. The highest BCUT2D eigenvalue weighted by atomic mass is 32.2. The maximum absolute atomic E-state index is 14.0. The smallest absolute Gasteiger partial charge is 0.264 e. The van der Waals surface area contributed by atoms with Crippen LogP contribution in [0.15, 0.2) is 83.8 Å². The third kappa shape index (κ3) is 7.47. The van der Waals surface area contributed by atoms with Gasteiger partial charge in [-0.15, -0.1) is 0 Å². The second-order valence-electron chi connectivity index (χ2n) is 9.58. The molecule has 0 unspecified atom stereocenters. The van der Waals surface area contributed by atoms with Gasteiger partial charge in [-0.3, -0.25) is 13.9 Å². The quantitative estimate of drug-likeness (QED) is 0.301. The number of rotatable bonds is 13. The van der Waals surface area contributed by atoms with Crippen LogP contribution in [0.5, 0.6) is 0 Å². The highest BCUT2D eigenvalue weighted by molar-refractivity contribution is 7.92. The van der Waals surface area contributed by atoms with Crippen molar-refractivity contribution in [3.63, 3.8) is 0 Å². The van der Waals surface area contributed by atoms with E-state index in [1.54, 1.807) is 37.3 Å². The number of para-hydroxylation sites is 1. The lowest BCUT2D eigenvalue weighted by Gasteiger charge is -2.33. The van der Waals surface area contributed by atoms with E-state index in [9.17, 15) is 18.0 Å². The van der Waals surface area contributed by atoms with Crippen molar-refractivity contribution in [2.45, 2.75) is 64.4 Å². The molecule has 0 heterocycles. The fourth-order valence-corrected chi connectivity index (χ4v) is 5.85. The molecule has 1 N–H and O–H groups in total. The molecule has 0 aliphatic heterocycles. The third-order valence-corrected chi connectivity index (χ3v) is 8.62. The van der Waals surface area contributed by atoms with Gasteiger partial charge in [-0.25, -0.2) is 8.42 Å². The Balaban J connectivity index is 2.03. The summed E-state index contributed by atoms with van der Waals surface area (Å²) in [5.41, 5.74) is 3.14. The van der Waals surface area contributed by atoms with Crippen LogP contribution < -0.4 is 9.62 Å². The summed E-state index contributed by atoms with van der Waals surface area (Å²) in [6, 6.07) is 22.2. The standard InChI is InChI=1S/C31H39N3O4S/c1-5-7-21-32-31(36)25(4)33(22-27-17-12-11-15-24(27)3)30(35)23-34(29-20-14-13-16-26(29)6-2)39(37,38)28-18-9-8-10-19-28/h8-20,25H,5-7,21-23H2,1-4H3,(H,32,36)/t25-/m1/s1. The second-order valence-corrected chi connectivity index (χ2v) is 11.4. The molecule has 0 saturated heterocycles. The first-order valence-corrected chi connectivity index (χ1v) is 14.9. The van der Waals surface area contributed by atoms with Crippen molar-refractivity contribution in [1.82, 2.24) is 10.2 Å². The largest absolute Gasteiger partial charge is 0.354 e. The summed E-state index contributed by atoms with van der Waals surface area (Å²) in [7, 11) is -4.07. The van der Waals surface area contributed by atoms with Crippen molar-refractivity contribution in [3.8, 4) is 0 Å². The van der Waals surface area contributed by atoms with E-state index in [4.69, 9.17) is 0 Å². The van der Waals surface area contributed by atoms with Gasteiger partial charge >= 0.3 is 0 Å². The monoisotopic (exact) mass is 549 g/mol. The lowest BCUT2D eigenvalue weighted by Crippen LogP contribution is -2.51. The topological polar surface area (TPSA) is 86.8 Å². The van der Waals surface area contributed by atoms with Gasteiger partial charge in [-0.2, -0.15) is 0 Å². The Labute approximate surface area is 232 Å². The van der Waals surface area contributed by atoms with Crippen LogP contribution in [0.25, 0.3) is 0 Å². The van der Waals surface area contributed by atoms with Crippen LogP contribution in [-0.4, -0.2) is 44.3 Å². The molecule has 0 aliphatic rings. The minimum absolute atomic E-state index is 0.0968. The average molecular weight is 550 g/mol. The molecule has 39 heavy (non-hydrogen) atoms. The number of aryl methyl sites for hydroxylation is 2. The van der Waals surface area contributed by atoms with Gasteiger partial charge in [-0.05, 0) is 61.6 Å². The third-order valence-electron chi connectivity index (χ3n) is 6.85. The van der Waals surface area contributed by atoms with E-state index in [2.05, 4.69) is 5.32 Å². The molecule has 0 saturated carbocycles. The van der Waals surface area contributed by atoms with Gasteiger partial charge in [0.25, 0.3) is 10.0 Å². The number of nitrogens with one attached hydrogen (secondary N) is 1. The zero-order valence-corrected chi connectivity index (χ0v) is 24.1. The summed E-state index contributed by atoms with van der Waals surface area (Å²) in [6.07, 6.45) is 2.36. The Hall–Kier alpha value is -3.65. The van der Waals surface area contributed by atoms with Gasteiger partial charge in [0.2, 0.25) is 11.8 Å². The van der Waals surface area contributed by atoms with E-state index in [0.29, 0.717) is 18.7 Å². The maximum atomic E-state index is 14.0. The summed E-state index contributed by atoms with van der Waals surface area (Å²) in [4.78, 5) is 28.7. The van der Waals surface area contributed by atoms with Crippen LogP contribution in [-0.2, 0) is 32.6 Å². The minimum Gasteiger partial charge on any atom is -0.354 e. The molecule has 0 spiro atoms. The molecule has 0 aliphatic carbocycles. The fraction of sp³-hybridized carbons (Fsp3) is 0.355. The molecule has 7 nitrogen and oxygen atoms in total. The number of sulfonamides is 1. The zero-order chi connectivity index (χ0) is 28.4. The summed E-state index contributed by atoms with van der Waals surface area (Å²) in [5, 5.41) is 2.91. The fourth-order valence-electron chi connectivity index (χ4n) is 4.38. The van der Waals surface area contributed by atoms with Crippen molar-refractivity contribution < 1.29 is 18.0 Å². The Morgan fingerprint density at radius 2 is 1.49 bits per heavy atom. The molecule has 0 radical (unpaired) electrons. The normalized spacial score (nSPS) is 12.0. The van der Waals surface area contributed by atoms with Gasteiger partial charge in [-0.1, -0.05) is 80.9 Å². The van der Waals surface area contributed by atoms with Gasteiger partial charge in [0.05, 0.1) is 10.6 Å². The summed E-state index contributed by atoms with van der Waals surface area (Å²) >= 11 is 0. The van der Waals surface area contributed by atoms with Crippen molar-refractivity contribution in [2.75, 3.05) is 17.4 Å².